The number of para-hydroxylation sites is 1. The van der Waals surface area contributed by atoms with Crippen molar-refractivity contribution in [1.29, 1.82) is 0 Å². The molecule has 178 valence electrons. The van der Waals surface area contributed by atoms with Gasteiger partial charge in [0.2, 0.25) is 12.3 Å². The van der Waals surface area contributed by atoms with Crippen molar-refractivity contribution in [1.82, 2.24) is 4.90 Å². The van der Waals surface area contributed by atoms with Gasteiger partial charge in [-0.15, -0.1) is 0 Å². The van der Waals surface area contributed by atoms with Crippen LogP contribution in [0.4, 0.5) is 17.1 Å². The summed E-state index contributed by atoms with van der Waals surface area (Å²) >= 11 is 0. The Bertz CT molecular complexity index is 1100. The number of aliphatic hydroxyl groups is 2. The molecule has 0 spiro atoms. The number of hydrogen-bond donors (Lipinski definition) is 3. The van der Waals surface area contributed by atoms with Gasteiger partial charge >= 0.3 is 0 Å². The lowest BCUT2D eigenvalue weighted by atomic mass is 9.82. The zero-order chi connectivity index (χ0) is 24.3. The van der Waals surface area contributed by atoms with Crippen molar-refractivity contribution in [3.05, 3.63) is 66.2 Å². The Morgan fingerprint density at radius 3 is 2.74 bits per heavy atom. The molecular weight excluding hydrogens is 434 g/mol. The number of fused-ring (bicyclic) bond motifs is 1. The number of rotatable bonds is 8. The highest BCUT2D eigenvalue weighted by molar-refractivity contribution is 6.06. The summed E-state index contributed by atoms with van der Waals surface area (Å²) in [4.78, 5) is 40.3. The molecule has 0 aliphatic carbocycles. The third kappa shape index (κ3) is 4.22. The fourth-order valence-corrected chi connectivity index (χ4v) is 4.74. The monoisotopic (exact) mass is 463 g/mol. The maximum atomic E-state index is 12.8. The standard InChI is InChI=1S/C26H29N3O5/c1-18(7-5-11-24(32)28-14-6-10-21(28)16-30)26(34)22-15-20(12-13-23(22)27-25(26)33)29(17-31)19-8-3-2-4-9-19/h2-5,7-9,12-13,15,17-18,21,30,34H,6,10-11,14,16H2,1H3,(H,27,33)/b7-5+/t18-,21+,26+/m1/s1. The number of benzene rings is 2. The molecule has 3 atom stereocenters. The minimum atomic E-state index is -1.85. The topological polar surface area (TPSA) is 110 Å². The number of likely N-dealkylation sites (tertiary alicyclic amines) is 1. The van der Waals surface area contributed by atoms with Gasteiger partial charge in [0.1, 0.15) is 0 Å². The lowest BCUT2D eigenvalue weighted by Crippen LogP contribution is -2.40. The van der Waals surface area contributed by atoms with E-state index in [1.807, 2.05) is 18.2 Å². The van der Waals surface area contributed by atoms with Crippen LogP contribution in [0.1, 0.15) is 31.7 Å². The minimum Gasteiger partial charge on any atom is -0.394 e. The van der Waals surface area contributed by atoms with E-state index in [9.17, 15) is 24.6 Å². The SMILES string of the molecule is C[C@H](/C=C/CC(=O)N1CCC[C@H]1CO)[C@@]1(O)C(=O)Nc2ccc(N(C=O)c3ccccc3)cc21. The molecule has 3 N–H and O–H groups in total. The van der Waals surface area contributed by atoms with Crippen molar-refractivity contribution < 1.29 is 24.6 Å². The summed E-state index contributed by atoms with van der Waals surface area (Å²) in [6.45, 7) is 2.29. The van der Waals surface area contributed by atoms with Gasteiger partial charge in [-0.25, -0.2) is 0 Å². The van der Waals surface area contributed by atoms with Gasteiger partial charge in [0.15, 0.2) is 5.60 Å². The number of hydrogen-bond acceptors (Lipinski definition) is 5. The van der Waals surface area contributed by atoms with Crippen LogP contribution < -0.4 is 10.2 Å². The molecular formula is C26H29N3O5. The number of carbonyl (C=O) groups excluding carboxylic acids is 3. The summed E-state index contributed by atoms with van der Waals surface area (Å²) < 4.78 is 0. The molecule has 0 saturated carbocycles. The second-order valence-corrected chi connectivity index (χ2v) is 8.75. The van der Waals surface area contributed by atoms with E-state index < -0.39 is 17.4 Å². The number of carbonyl (C=O) groups is 3. The van der Waals surface area contributed by atoms with Gasteiger partial charge in [0.05, 0.1) is 12.6 Å². The summed E-state index contributed by atoms with van der Waals surface area (Å²) in [5.41, 5.74) is 0.186. The maximum absolute atomic E-state index is 12.8. The molecule has 2 aromatic carbocycles. The predicted molar refractivity (Wildman–Crippen MR) is 128 cm³/mol. The summed E-state index contributed by atoms with van der Waals surface area (Å²) in [5, 5.41) is 23.6. The van der Waals surface area contributed by atoms with Crippen LogP contribution in [-0.2, 0) is 20.0 Å². The first-order valence-corrected chi connectivity index (χ1v) is 11.4. The van der Waals surface area contributed by atoms with E-state index in [0.717, 1.165) is 12.8 Å². The van der Waals surface area contributed by atoms with Crippen LogP contribution >= 0.6 is 0 Å². The summed E-state index contributed by atoms with van der Waals surface area (Å²) in [7, 11) is 0. The summed E-state index contributed by atoms with van der Waals surface area (Å²) in [5.74, 6) is -1.28. The average molecular weight is 464 g/mol. The number of amides is 3. The van der Waals surface area contributed by atoms with E-state index in [-0.39, 0.29) is 25.0 Å². The van der Waals surface area contributed by atoms with Crippen molar-refractivity contribution in [2.75, 3.05) is 23.4 Å². The Morgan fingerprint density at radius 2 is 2.03 bits per heavy atom. The first kappa shape index (κ1) is 23.7. The minimum absolute atomic E-state index is 0.0499. The van der Waals surface area contributed by atoms with Crippen LogP contribution in [0.2, 0.25) is 0 Å². The predicted octanol–water partition coefficient (Wildman–Crippen LogP) is 2.69. The lowest BCUT2D eigenvalue weighted by molar-refractivity contribution is -0.137. The average Bonchev–Trinajstić information content (AvgIpc) is 3.43. The molecule has 2 aliphatic heterocycles. The van der Waals surface area contributed by atoms with E-state index in [1.165, 1.54) is 4.90 Å². The number of anilines is 3. The van der Waals surface area contributed by atoms with Gasteiger partial charge in [-0.1, -0.05) is 37.3 Å². The highest BCUT2D eigenvalue weighted by atomic mass is 16.3. The lowest BCUT2D eigenvalue weighted by Gasteiger charge is -2.27. The molecule has 1 fully saturated rings. The molecule has 8 heteroatoms. The first-order valence-electron chi connectivity index (χ1n) is 11.4. The number of nitrogens with one attached hydrogen (secondary N) is 1. The Morgan fingerprint density at radius 1 is 1.26 bits per heavy atom. The molecule has 2 aromatic rings. The second-order valence-electron chi connectivity index (χ2n) is 8.75. The Balaban J connectivity index is 1.55. The third-order valence-corrected chi connectivity index (χ3v) is 6.71. The van der Waals surface area contributed by atoms with Crippen LogP contribution in [0.25, 0.3) is 0 Å². The van der Waals surface area contributed by atoms with E-state index >= 15 is 0 Å². The molecule has 0 unspecified atom stereocenters. The van der Waals surface area contributed by atoms with Crippen molar-refractivity contribution in [2.45, 2.75) is 37.8 Å². The van der Waals surface area contributed by atoms with Crippen LogP contribution in [0.3, 0.4) is 0 Å². The zero-order valence-corrected chi connectivity index (χ0v) is 19.1. The van der Waals surface area contributed by atoms with Crippen LogP contribution in [0, 0.1) is 5.92 Å². The fourth-order valence-electron chi connectivity index (χ4n) is 4.74. The molecule has 3 amide bonds. The molecule has 8 nitrogen and oxygen atoms in total. The van der Waals surface area contributed by atoms with Gasteiger partial charge in [-0.05, 0) is 43.2 Å². The Labute approximate surface area is 198 Å². The number of nitrogens with zero attached hydrogens (tertiary/aromatic N) is 2. The van der Waals surface area contributed by atoms with Crippen LogP contribution in [0.15, 0.2) is 60.7 Å². The highest BCUT2D eigenvalue weighted by Gasteiger charge is 2.48. The van der Waals surface area contributed by atoms with Crippen molar-refractivity contribution in [2.24, 2.45) is 5.92 Å². The van der Waals surface area contributed by atoms with Gasteiger partial charge < -0.3 is 20.4 Å². The van der Waals surface area contributed by atoms with E-state index in [2.05, 4.69) is 5.32 Å². The zero-order valence-electron chi connectivity index (χ0n) is 19.1. The molecule has 0 radical (unpaired) electrons. The van der Waals surface area contributed by atoms with E-state index in [4.69, 9.17) is 0 Å². The third-order valence-electron chi connectivity index (χ3n) is 6.71. The molecule has 0 aromatic heterocycles. The van der Waals surface area contributed by atoms with Gasteiger partial charge in [-0.3, -0.25) is 19.3 Å². The smallest absolute Gasteiger partial charge is 0.261 e. The largest absolute Gasteiger partial charge is 0.394 e. The van der Waals surface area contributed by atoms with E-state index in [0.29, 0.717) is 35.6 Å². The molecule has 2 aliphatic rings. The molecule has 1 saturated heterocycles. The number of aliphatic hydroxyl groups excluding tert-OH is 1. The molecule has 0 bridgehead atoms. The van der Waals surface area contributed by atoms with E-state index in [1.54, 1.807) is 54.3 Å². The summed E-state index contributed by atoms with van der Waals surface area (Å²) in [6.07, 6.45) is 5.80. The van der Waals surface area contributed by atoms with Crippen molar-refractivity contribution in [3.8, 4) is 0 Å². The van der Waals surface area contributed by atoms with Crippen molar-refractivity contribution in [3.63, 3.8) is 0 Å². The van der Waals surface area contributed by atoms with Gasteiger partial charge in [0, 0.05) is 41.5 Å². The molecule has 34 heavy (non-hydrogen) atoms. The normalized spacial score (nSPS) is 22.5. The fraction of sp³-hybridized carbons (Fsp3) is 0.346. The Kier molecular flexibility index (Phi) is 6.81. The second kappa shape index (κ2) is 9.79. The Hall–Kier alpha value is -3.49. The quantitative estimate of drug-likeness (QED) is 0.412. The summed E-state index contributed by atoms with van der Waals surface area (Å²) in [6, 6.07) is 13.9. The molecule has 2 heterocycles. The van der Waals surface area contributed by atoms with Gasteiger partial charge in [0.25, 0.3) is 5.91 Å². The first-order chi connectivity index (χ1) is 16.4. The maximum Gasteiger partial charge on any atom is 0.261 e. The van der Waals surface area contributed by atoms with Crippen LogP contribution in [-0.4, -0.2) is 52.5 Å². The molecule has 4 rings (SSSR count). The van der Waals surface area contributed by atoms with Crippen molar-refractivity contribution >= 4 is 35.3 Å². The highest BCUT2D eigenvalue weighted by Crippen LogP contribution is 2.43. The van der Waals surface area contributed by atoms with Gasteiger partial charge in [-0.2, -0.15) is 0 Å². The van der Waals surface area contributed by atoms with Crippen LogP contribution in [0.5, 0.6) is 0 Å².